The zero-order chi connectivity index (χ0) is 14.1. The number of carbonyl (C=O) groups excluding carboxylic acids is 1. The number of likely N-dealkylation sites (tertiary alicyclic amines) is 1. The largest absolute Gasteiger partial charge is 0.393 e. The number of aliphatic hydroxyl groups excluding tert-OH is 1. The van der Waals surface area contributed by atoms with Gasteiger partial charge in [0, 0.05) is 24.6 Å². The normalized spacial score (nSPS) is 28.7. The van der Waals surface area contributed by atoms with Gasteiger partial charge >= 0.3 is 0 Å². The lowest BCUT2D eigenvalue weighted by Gasteiger charge is -2.18. The molecule has 2 fully saturated rings. The summed E-state index contributed by atoms with van der Waals surface area (Å²) in [5.74, 6) is 0.867. The second kappa shape index (κ2) is 5.54. The summed E-state index contributed by atoms with van der Waals surface area (Å²) in [6.07, 6.45) is 2.56. The molecule has 1 aliphatic carbocycles. The zero-order valence-corrected chi connectivity index (χ0v) is 11.7. The number of fused-ring (bicyclic) bond motifs is 1. The predicted octanol–water partition coefficient (Wildman–Crippen LogP) is 1.03. The molecule has 1 amide bonds. The fourth-order valence-corrected chi connectivity index (χ4v) is 3.57. The van der Waals surface area contributed by atoms with E-state index in [2.05, 4.69) is 0 Å². The van der Waals surface area contributed by atoms with E-state index in [4.69, 9.17) is 5.73 Å². The Morgan fingerprint density at radius 1 is 1.25 bits per heavy atom. The Morgan fingerprint density at radius 3 is 2.65 bits per heavy atom. The number of hydrogen-bond acceptors (Lipinski definition) is 3. The minimum atomic E-state index is -0.218. The van der Waals surface area contributed by atoms with Gasteiger partial charge in [0.2, 0.25) is 0 Å². The van der Waals surface area contributed by atoms with E-state index in [-0.39, 0.29) is 17.9 Å². The second-order valence-electron chi connectivity index (χ2n) is 6.01. The Morgan fingerprint density at radius 2 is 2.00 bits per heavy atom. The third kappa shape index (κ3) is 2.45. The van der Waals surface area contributed by atoms with Gasteiger partial charge < -0.3 is 15.7 Å². The van der Waals surface area contributed by atoms with Gasteiger partial charge in [0.05, 0.1) is 6.10 Å². The molecule has 1 heterocycles. The van der Waals surface area contributed by atoms with E-state index in [1.54, 1.807) is 0 Å². The predicted molar refractivity (Wildman–Crippen MR) is 77.3 cm³/mol. The van der Waals surface area contributed by atoms with Gasteiger partial charge in [-0.25, -0.2) is 0 Å². The van der Waals surface area contributed by atoms with Crippen molar-refractivity contribution in [1.29, 1.82) is 0 Å². The first-order valence-corrected chi connectivity index (χ1v) is 7.45. The average Bonchev–Trinajstić information content (AvgIpc) is 3.02. The van der Waals surface area contributed by atoms with E-state index in [9.17, 15) is 9.90 Å². The summed E-state index contributed by atoms with van der Waals surface area (Å²) in [5, 5.41) is 9.92. The minimum absolute atomic E-state index is 0.0888. The molecular weight excluding hydrogens is 252 g/mol. The van der Waals surface area contributed by atoms with Crippen molar-refractivity contribution in [3.05, 3.63) is 35.4 Å². The van der Waals surface area contributed by atoms with Crippen LogP contribution in [0.3, 0.4) is 0 Å². The summed E-state index contributed by atoms with van der Waals surface area (Å²) >= 11 is 0. The quantitative estimate of drug-likeness (QED) is 0.865. The van der Waals surface area contributed by atoms with Crippen molar-refractivity contribution in [2.45, 2.75) is 25.4 Å². The molecule has 3 N–H and O–H groups in total. The highest BCUT2D eigenvalue weighted by atomic mass is 16.3. The van der Waals surface area contributed by atoms with E-state index in [0.717, 1.165) is 36.9 Å². The Labute approximate surface area is 119 Å². The molecule has 20 heavy (non-hydrogen) atoms. The number of amides is 1. The molecule has 0 bridgehead atoms. The summed E-state index contributed by atoms with van der Waals surface area (Å²) in [6.45, 7) is 2.13. The van der Waals surface area contributed by atoms with Gasteiger partial charge in [-0.3, -0.25) is 4.79 Å². The van der Waals surface area contributed by atoms with E-state index in [0.29, 0.717) is 19.0 Å². The highest BCUT2D eigenvalue weighted by Gasteiger charge is 2.43. The van der Waals surface area contributed by atoms with Crippen molar-refractivity contribution in [2.24, 2.45) is 17.6 Å². The standard InChI is InChI=1S/C16H22N2O2/c17-8-7-11-1-3-12(4-2-11)16(20)18-9-13-5-6-15(19)14(13)10-18/h1-4,13-15,19H,5-10,17H2. The van der Waals surface area contributed by atoms with Crippen LogP contribution >= 0.6 is 0 Å². The Balaban J connectivity index is 1.67. The van der Waals surface area contributed by atoms with Crippen LogP contribution in [0.25, 0.3) is 0 Å². The van der Waals surface area contributed by atoms with Crippen molar-refractivity contribution in [2.75, 3.05) is 19.6 Å². The van der Waals surface area contributed by atoms with Crippen LogP contribution in [0.2, 0.25) is 0 Å². The zero-order valence-electron chi connectivity index (χ0n) is 11.7. The minimum Gasteiger partial charge on any atom is -0.393 e. The van der Waals surface area contributed by atoms with Gasteiger partial charge in [-0.2, -0.15) is 0 Å². The fourth-order valence-electron chi connectivity index (χ4n) is 3.57. The van der Waals surface area contributed by atoms with Crippen LogP contribution in [0.5, 0.6) is 0 Å². The molecular formula is C16H22N2O2. The van der Waals surface area contributed by atoms with Crippen LogP contribution in [0.15, 0.2) is 24.3 Å². The Bertz CT molecular complexity index is 486. The van der Waals surface area contributed by atoms with Crippen LogP contribution in [0.1, 0.15) is 28.8 Å². The van der Waals surface area contributed by atoms with Crippen molar-refractivity contribution in [3.8, 4) is 0 Å². The Hall–Kier alpha value is -1.39. The van der Waals surface area contributed by atoms with Gasteiger partial charge in [0.15, 0.2) is 0 Å². The number of nitrogens with two attached hydrogens (primary N) is 1. The third-order valence-electron chi connectivity index (χ3n) is 4.74. The van der Waals surface area contributed by atoms with Crippen LogP contribution in [0.4, 0.5) is 0 Å². The fraction of sp³-hybridized carbons (Fsp3) is 0.562. The van der Waals surface area contributed by atoms with Crippen LogP contribution in [-0.2, 0) is 6.42 Å². The van der Waals surface area contributed by atoms with E-state index < -0.39 is 0 Å². The average molecular weight is 274 g/mol. The SMILES string of the molecule is NCCc1ccc(C(=O)N2CC3CCC(O)C3C2)cc1. The Kier molecular flexibility index (Phi) is 3.76. The monoisotopic (exact) mass is 274 g/mol. The summed E-state index contributed by atoms with van der Waals surface area (Å²) in [4.78, 5) is 14.4. The van der Waals surface area contributed by atoms with Crippen LogP contribution < -0.4 is 5.73 Å². The van der Waals surface area contributed by atoms with Crippen molar-refractivity contribution in [3.63, 3.8) is 0 Å². The number of nitrogens with zero attached hydrogens (tertiary/aromatic N) is 1. The third-order valence-corrected chi connectivity index (χ3v) is 4.74. The molecule has 4 nitrogen and oxygen atoms in total. The first kappa shape index (κ1) is 13.6. The molecule has 3 atom stereocenters. The molecule has 1 aromatic carbocycles. The number of hydrogen-bond donors (Lipinski definition) is 2. The maximum Gasteiger partial charge on any atom is 0.253 e. The molecule has 1 aliphatic heterocycles. The molecule has 1 saturated heterocycles. The van der Waals surface area contributed by atoms with Crippen molar-refractivity contribution in [1.82, 2.24) is 4.90 Å². The van der Waals surface area contributed by atoms with E-state index >= 15 is 0 Å². The number of benzene rings is 1. The number of rotatable bonds is 3. The summed E-state index contributed by atoms with van der Waals surface area (Å²) in [6, 6.07) is 7.73. The first-order valence-electron chi connectivity index (χ1n) is 7.45. The van der Waals surface area contributed by atoms with Crippen LogP contribution in [0, 0.1) is 11.8 Å². The summed E-state index contributed by atoms with van der Waals surface area (Å²) in [5.41, 5.74) is 7.43. The maximum atomic E-state index is 12.5. The maximum absolute atomic E-state index is 12.5. The van der Waals surface area contributed by atoms with Crippen molar-refractivity contribution >= 4 is 5.91 Å². The van der Waals surface area contributed by atoms with Gasteiger partial charge in [0.25, 0.3) is 5.91 Å². The molecule has 0 aromatic heterocycles. The highest BCUT2D eigenvalue weighted by Crippen LogP contribution is 2.38. The molecule has 1 aromatic rings. The lowest BCUT2D eigenvalue weighted by Crippen LogP contribution is -2.31. The van der Waals surface area contributed by atoms with Gasteiger partial charge in [-0.05, 0) is 49.4 Å². The molecule has 3 rings (SSSR count). The van der Waals surface area contributed by atoms with Gasteiger partial charge in [-0.15, -0.1) is 0 Å². The molecule has 3 unspecified atom stereocenters. The highest BCUT2D eigenvalue weighted by molar-refractivity contribution is 5.94. The molecule has 0 radical (unpaired) electrons. The molecule has 1 saturated carbocycles. The smallest absolute Gasteiger partial charge is 0.253 e. The molecule has 4 heteroatoms. The lowest BCUT2D eigenvalue weighted by molar-refractivity contribution is 0.0752. The topological polar surface area (TPSA) is 66.6 Å². The lowest BCUT2D eigenvalue weighted by atomic mass is 10.00. The second-order valence-corrected chi connectivity index (χ2v) is 6.01. The first-order chi connectivity index (χ1) is 9.69. The van der Waals surface area contributed by atoms with Crippen molar-refractivity contribution < 1.29 is 9.90 Å². The summed E-state index contributed by atoms with van der Waals surface area (Å²) in [7, 11) is 0. The molecule has 0 spiro atoms. The number of aliphatic hydroxyl groups is 1. The van der Waals surface area contributed by atoms with Gasteiger partial charge in [-0.1, -0.05) is 12.1 Å². The van der Waals surface area contributed by atoms with Crippen LogP contribution in [-0.4, -0.2) is 41.7 Å². The van der Waals surface area contributed by atoms with E-state index in [1.165, 1.54) is 0 Å². The van der Waals surface area contributed by atoms with Gasteiger partial charge in [0.1, 0.15) is 0 Å². The summed E-state index contributed by atoms with van der Waals surface area (Å²) < 4.78 is 0. The molecule has 2 aliphatic rings. The number of carbonyl (C=O) groups is 1. The molecule has 108 valence electrons. The van der Waals surface area contributed by atoms with E-state index in [1.807, 2.05) is 29.2 Å².